The van der Waals surface area contributed by atoms with E-state index in [0.29, 0.717) is 6.42 Å². The molecule has 1 heterocycles. The molecule has 1 aromatic rings. The topological polar surface area (TPSA) is 53.7 Å². The zero-order valence-corrected chi connectivity index (χ0v) is 5.56. The van der Waals surface area contributed by atoms with Crippen LogP contribution in [0.4, 0.5) is 0 Å². The van der Waals surface area contributed by atoms with Crippen molar-refractivity contribution in [3.63, 3.8) is 0 Å². The van der Waals surface area contributed by atoms with Gasteiger partial charge in [0.1, 0.15) is 6.42 Å². The Balaban J connectivity index is 2.84. The Morgan fingerprint density at radius 2 is 2.67 bits per heavy atom. The van der Waals surface area contributed by atoms with E-state index in [-0.39, 0.29) is 0 Å². The maximum Gasteiger partial charge on any atom is 0.280 e. The van der Waals surface area contributed by atoms with Crippen LogP contribution in [0.1, 0.15) is 5.01 Å². The number of nitrogen functional groups attached to an aromatic ring is 1. The molecule has 9 heavy (non-hydrogen) atoms. The molecule has 0 saturated carbocycles. The van der Waals surface area contributed by atoms with Gasteiger partial charge < -0.3 is 0 Å². The first-order valence-corrected chi connectivity index (χ1v) is 3.32. The Hall–Kier alpha value is -1.08. The van der Waals surface area contributed by atoms with Crippen LogP contribution in [0.2, 0.25) is 0 Å². The first-order chi connectivity index (χ1) is 4.34. The summed E-state index contributed by atoms with van der Waals surface area (Å²) in [5.41, 5.74) is 0. The van der Waals surface area contributed by atoms with Gasteiger partial charge in [-0.05, 0) is 0 Å². The molecule has 0 aliphatic rings. The fraction of sp³-hybridized carbons (Fsp3) is 0.200. The van der Waals surface area contributed by atoms with Crippen LogP contribution in [0.25, 0.3) is 0 Å². The van der Waals surface area contributed by atoms with E-state index in [1.54, 1.807) is 6.20 Å². The van der Waals surface area contributed by atoms with E-state index in [9.17, 15) is 0 Å². The van der Waals surface area contributed by atoms with E-state index < -0.39 is 0 Å². The number of aromatic nitrogens is 1. The minimum atomic E-state index is 0.397. The molecule has 0 bridgehead atoms. The average molecular weight is 140 g/mol. The lowest BCUT2D eigenvalue weighted by Gasteiger charge is -1.78. The van der Waals surface area contributed by atoms with Gasteiger partial charge in [-0.15, -0.1) is 0 Å². The fourth-order valence-corrected chi connectivity index (χ4v) is 1.20. The predicted molar refractivity (Wildman–Crippen MR) is 34.0 cm³/mol. The molecule has 0 aliphatic heterocycles. The quantitative estimate of drug-likeness (QED) is 0.434. The molecule has 0 fully saturated rings. The minimum Gasteiger partial charge on any atom is -0.204 e. The first kappa shape index (κ1) is 6.05. The van der Waals surface area contributed by atoms with Crippen molar-refractivity contribution >= 4 is 11.3 Å². The number of hydrogen-bond acceptors (Lipinski definition) is 3. The third-order valence-corrected chi connectivity index (χ3v) is 1.83. The van der Waals surface area contributed by atoms with Crippen LogP contribution in [0.3, 0.4) is 0 Å². The molecule has 3 nitrogen and oxygen atoms in total. The van der Waals surface area contributed by atoms with E-state index in [1.807, 2.05) is 11.4 Å². The molecular formula is C5H6N3S+. The van der Waals surface area contributed by atoms with Crippen molar-refractivity contribution in [1.82, 2.24) is 0 Å². The second-order valence-corrected chi connectivity index (χ2v) is 2.52. The molecule has 1 aromatic heterocycles. The van der Waals surface area contributed by atoms with Gasteiger partial charge in [-0.25, -0.2) is 5.84 Å². The standard InChI is InChI=1S/C5H6N3S/c6-2-1-5-8(7)3-4-9-5/h3-4H,1,7H2/q+1. The van der Waals surface area contributed by atoms with Crippen LogP contribution in [0.5, 0.6) is 0 Å². The summed E-state index contributed by atoms with van der Waals surface area (Å²) in [7, 11) is 0. The molecular weight excluding hydrogens is 134 g/mol. The van der Waals surface area contributed by atoms with E-state index in [0.717, 1.165) is 5.01 Å². The van der Waals surface area contributed by atoms with Crippen molar-refractivity contribution < 1.29 is 4.68 Å². The van der Waals surface area contributed by atoms with E-state index >= 15 is 0 Å². The van der Waals surface area contributed by atoms with Crippen LogP contribution in [0.15, 0.2) is 11.6 Å². The predicted octanol–water partition coefficient (Wildman–Crippen LogP) is -0.185. The summed E-state index contributed by atoms with van der Waals surface area (Å²) in [6.07, 6.45) is 2.13. The average Bonchev–Trinajstić information content (AvgIpc) is 2.18. The summed E-state index contributed by atoms with van der Waals surface area (Å²) >= 11 is 1.49. The van der Waals surface area contributed by atoms with Crippen LogP contribution in [-0.4, -0.2) is 0 Å². The molecule has 0 saturated heterocycles. The number of hydrogen-bond donors (Lipinski definition) is 1. The Morgan fingerprint density at radius 1 is 1.89 bits per heavy atom. The Kier molecular flexibility index (Phi) is 1.66. The van der Waals surface area contributed by atoms with Gasteiger partial charge in [0.25, 0.3) is 5.01 Å². The molecule has 4 heteroatoms. The number of rotatable bonds is 1. The number of nitriles is 1. The third-order valence-electron chi connectivity index (χ3n) is 0.944. The minimum absolute atomic E-state index is 0.397. The van der Waals surface area contributed by atoms with E-state index in [1.165, 1.54) is 16.0 Å². The highest BCUT2D eigenvalue weighted by atomic mass is 32.1. The summed E-state index contributed by atoms with van der Waals surface area (Å²) in [6, 6.07) is 2.02. The van der Waals surface area contributed by atoms with Crippen molar-refractivity contribution in [3.8, 4) is 6.07 Å². The van der Waals surface area contributed by atoms with Gasteiger partial charge in [0.2, 0.25) is 6.20 Å². The molecule has 0 aliphatic carbocycles. The van der Waals surface area contributed by atoms with Gasteiger partial charge >= 0.3 is 0 Å². The molecule has 46 valence electrons. The van der Waals surface area contributed by atoms with Crippen LogP contribution >= 0.6 is 11.3 Å². The largest absolute Gasteiger partial charge is 0.280 e. The van der Waals surface area contributed by atoms with E-state index in [2.05, 4.69) is 0 Å². The molecule has 0 unspecified atom stereocenters. The van der Waals surface area contributed by atoms with Gasteiger partial charge in [0, 0.05) is 0 Å². The highest BCUT2D eigenvalue weighted by Crippen LogP contribution is 1.99. The summed E-state index contributed by atoms with van der Waals surface area (Å²) in [5.74, 6) is 5.40. The number of thiazole rings is 1. The Morgan fingerprint density at radius 3 is 3.11 bits per heavy atom. The van der Waals surface area contributed by atoms with Crippen molar-refractivity contribution in [2.45, 2.75) is 6.42 Å². The third kappa shape index (κ3) is 1.18. The SMILES string of the molecule is N#CCc1scc[n+]1N. The van der Waals surface area contributed by atoms with Crippen molar-refractivity contribution in [1.29, 1.82) is 5.26 Å². The van der Waals surface area contributed by atoms with Crippen LogP contribution < -0.4 is 10.5 Å². The summed E-state index contributed by atoms with van der Waals surface area (Å²) in [6.45, 7) is 0. The van der Waals surface area contributed by atoms with E-state index in [4.69, 9.17) is 11.1 Å². The second-order valence-electron chi connectivity index (χ2n) is 1.54. The highest BCUT2D eigenvalue weighted by Gasteiger charge is 2.06. The first-order valence-electron chi connectivity index (χ1n) is 2.44. The Labute approximate surface area is 56.9 Å². The van der Waals surface area contributed by atoms with Crippen LogP contribution in [0, 0.1) is 11.3 Å². The zero-order chi connectivity index (χ0) is 6.69. The van der Waals surface area contributed by atoms with Gasteiger partial charge in [-0.3, -0.25) is 0 Å². The number of nitrogens with zero attached hydrogens (tertiary/aromatic N) is 2. The number of nitrogens with two attached hydrogens (primary N) is 1. The van der Waals surface area contributed by atoms with Crippen molar-refractivity contribution in [2.24, 2.45) is 0 Å². The lowest BCUT2D eigenvalue weighted by Crippen LogP contribution is -2.45. The molecule has 0 radical (unpaired) electrons. The molecule has 1 rings (SSSR count). The summed E-state index contributed by atoms with van der Waals surface area (Å²) in [4.78, 5) is 0. The smallest absolute Gasteiger partial charge is 0.204 e. The molecule has 0 atom stereocenters. The fourth-order valence-electron chi connectivity index (χ4n) is 0.519. The van der Waals surface area contributed by atoms with Gasteiger partial charge in [0.15, 0.2) is 0 Å². The zero-order valence-electron chi connectivity index (χ0n) is 4.74. The van der Waals surface area contributed by atoms with Gasteiger partial charge in [-0.1, -0.05) is 16.0 Å². The maximum atomic E-state index is 8.25. The monoisotopic (exact) mass is 140 g/mol. The van der Waals surface area contributed by atoms with Gasteiger partial charge in [0.05, 0.1) is 11.4 Å². The lowest BCUT2D eigenvalue weighted by molar-refractivity contribution is -0.640. The summed E-state index contributed by atoms with van der Waals surface area (Å²) in [5, 5.41) is 11.0. The molecule has 2 N–H and O–H groups in total. The molecule has 0 amide bonds. The highest BCUT2D eigenvalue weighted by molar-refractivity contribution is 7.09. The Bertz CT molecular complexity index is 235. The second kappa shape index (κ2) is 2.46. The normalized spacial score (nSPS) is 8.78. The van der Waals surface area contributed by atoms with Gasteiger partial charge in [-0.2, -0.15) is 5.26 Å². The lowest BCUT2D eigenvalue weighted by atomic mass is 10.5. The summed E-state index contributed by atoms with van der Waals surface area (Å²) < 4.78 is 1.47. The van der Waals surface area contributed by atoms with Crippen molar-refractivity contribution in [2.75, 3.05) is 5.84 Å². The maximum absolute atomic E-state index is 8.25. The van der Waals surface area contributed by atoms with Crippen LogP contribution in [-0.2, 0) is 6.42 Å². The molecule has 0 aromatic carbocycles. The molecule has 0 spiro atoms. The van der Waals surface area contributed by atoms with Crippen molar-refractivity contribution in [3.05, 3.63) is 16.6 Å².